The van der Waals surface area contributed by atoms with Crippen molar-refractivity contribution in [1.29, 1.82) is 0 Å². The number of nitrogens with one attached hydrogen (secondary N) is 1. The summed E-state index contributed by atoms with van der Waals surface area (Å²) in [7, 11) is 0. The highest BCUT2D eigenvalue weighted by Gasteiger charge is 2.26. The van der Waals surface area contributed by atoms with Gasteiger partial charge >= 0.3 is 0 Å². The zero-order valence-electron chi connectivity index (χ0n) is 11.4. The SMILES string of the molecule is Cc1cn[nH]c1C1CCN(C(=O)c2ccnnc2)CC1. The van der Waals surface area contributed by atoms with Crippen molar-refractivity contribution in [3.8, 4) is 0 Å². The molecule has 2 aromatic rings. The molecule has 0 aromatic carbocycles. The Hall–Kier alpha value is -2.24. The van der Waals surface area contributed by atoms with Gasteiger partial charge in [-0.15, -0.1) is 0 Å². The number of amides is 1. The number of carbonyl (C=O) groups excluding carboxylic acids is 1. The molecule has 0 unspecified atom stereocenters. The minimum atomic E-state index is 0.0414. The molecule has 0 radical (unpaired) electrons. The molecule has 1 saturated heterocycles. The molecule has 1 N–H and O–H groups in total. The topological polar surface area (TPSA) is 74.8 Å². The molecule has 0 bridgehead atoms. The van der Waals surface area contributed by atoms with Crippen LogP contribution in [-0.2, 0) is 0 Å². The van der Waals surface area contributed by atoms with Gasteiger partial charge in [-0.3, -0.25) is 9.89 Å². The first-order valence-electron chi connectivity index (χ1n) is 6.81. The van der Waals surface area contributed by atoms with Gasteiger partial charge in [-0.2, -0.15) is 15.3 Å². The van der Waals surface area contributed by atoms with Crippen molar-refractivity contribution < 1.29 is 4.79 Å². The van der Waals surface area contributed by atoms with E-state index in [0.717, 1.165) is 25.9 Å². The maximum absolute atomic E-state index is 12.3. The number of likely N-dealkylation sites (tertiary alicyclic amines) is 1. The summed E-state index contributed by atoms with van der Waals surface area (Å²) in [6.07, 6.45) is 6.86. The summed E-state index contributed by atoms with van der Waals surface area (Å²) in [5.74, 6) is 0.511. The molecule has 0 saturated carbocycles. The molecular formula is C14H17N5O. The molecule has 6 heteroatoms. The van der Waals surface area contributed by atoms with Crippen LogP contribution in [0.25, 0.3) is 0 Å². The fraction of sp³-hybridized carbons (Fsp3) is 0.429. The molecular weight excluding hydrogens is 254 g/mol. The van der Waals surface area contributed by atoms with Gasteiger partial charge < -0.3 is 4.90 Å². The molecule has 104 valence electrons. The maximum atomic E-state index is 12.3. The number of nitrogens with zero attached hydrogens (tertiary/aromatic N) is 4. The number of aryl methyl sites for hydroxylation is 1. The second kappa shape index (κ2) is 5.40. The van der Waals surface area contributed by atoms with E-state index in [9.17, 15) is 4.79 Å². The van der Waals surface area contributed by atoms with Crippen LogP contribution in [0.5, 0.6) is 0 Å². The van der Waals surface area contributed by atoms with Crippen molar-refractivity contribution in [3.63, 3.8) is 0 Å². The lowest BCUT2D eigenvalue weighted by molar-refractivity contribution is 0.0711. The number of aromatic amines is 1. The number of carbonyl (C=O) groups is 1. The zero-order chi connectivity index (χ0) is 13.9. The molecule has 0 spiro atoms. The van der Waals surface area contributed by atoms with Gasteiger partial charge in [0, 0.05) is 24.7 Å². The van der Waals surface area contributed by atoms with E-state index in [0.29, 0.717) is 11.5 Å². The van der Waals surface area contributed by atoms with Crippen molar-refractivity contribution >= 4 is 5.91 Å². The molecule has 1 aliphatic rings. The molecule has 2 aromatic heterocycles. The van der Waals surface area contributed by atoms with Crippen molar-refractivity contribution in [2.24, 2.45) is 0 Å². The van der Waals surface area contributed by atoms with Crippen LogP contribution in [0.1, 0.15) is 40.4 Å². The zero-order valence-corrected chi connectivity index (χ0v) is 11.4. The molecule has 3 rings (SSSR count). The van der Waals surface area contributed by atoms with Crippen LogP contribution in [0.2, 0.25) is 0 Å². The van der Waals surface area contributed by atoms with E-state index in [4.69, 9.17) is 0 Å². The predicted molar refractivity (Wildman–Crippen MR) is 73.2 cm³/mol. The van der Waals surface area contributed by atoms with Gasteiger partial charge in [-0.1, -0.05) is 0 Å². The average Bonchev–Trinajstić information content (AvgIpc) is 2.94. The predicted octanol–water partition coefficient (Wildman–Crippen LogP) is 1.53. The highest BCUT2D eigenvalue weighted by Crippen LogP contribution is 2.28. The third-order valence-electron chi connectivity index (χ3n) is 3.89. The van der Waals surface area contributed by atoms with Gasteiger partial charge in [0.25, 0.3) is 5.91 Å². The van der Waals surface area contributed by atoms with Crippen molar-refractivity contribution in [1.82, 2.24) is 25.3 Å². The van der Waals surface area contributed by atoms with Crippen LogP contribution >= 0.6 is 0 Å². The van der Waals surface area contributed by atoms with E-state index < -0.39 is 0 Å². The van der Waals surface area contributed by atoms with Crippen LogP contribution in [0.3, 0.4) is 0 Å². The summed E-state index contributed by atoms with van der Waals surface area (Å²) >= 11 is 0. The molecule has 0 atom stereocenters. The fourth-order valence-corrected chi connectivity index (χ4v) is 2.74. The Morgan fingerprint density at radius 1 is 1.30 bits per heavy atom. The number of H-pyrrole nitrogens is 1. The van der Waals surface area contributed by atoms with Gasteiger partial charge in [0.1, 0.15) is 0 Å². The molecule has 1 aliphatic heterocycles. The number of hydrogen-bond donors (Lipinski definition) is 1. The first-order chi connectivity index (χ1) is 9.75. The molecule has 1 amide bonds. The smallest absolute Gasteiger partial charge is 0.255 e. The Bertz CT molecular complexity index is 587. The fourth-order valence-electron chi connectivity index (χ4n) is 2.74. The molecule has 6 nitrogen and oxygen atoms in total. The maximum Gasteiger partial charge on any atom is 0.255 e. The summed E-state index contributed by atoms with van der Waals surface area (Å²) < 4.78 is 0. The van der Waals surface area contributed by atoms with Crippen molar-refractivity contribution in [2.45, 2.75) is 25.7 Å². The van der Waals surface area contributed by atoms with Crippen molar-refractivity contribution in [3.05, 3.63) is 41.5 Å². The van der Waals surface area contributed by atoms with Gasteiger partial charge in [0.05, 0.1) is 24.2 Å². The molecule has 1 fully saturated rings. The van der Waals surface area contributed by atoms with E-state index in [1.54, 1.807) is 12.3 Å². The second-order valence-electron chi connectivity index (χ2n) is 5.16. The molecule has 3 heterocycles. The third-order valence-corrected chi connectivity index (χ3v) is 3.89. The van der Waals surface area contributed by atoms with Gasteiger partial charge in [0.15, 0.2) is 0 Å². The minimum Gasteiger partial charge on any atom is -0.339 e. The first-order valence-corrected chi connectivity index (χ1v) is 6.81. The summed E-state index contributed by atoms with van der Waals surface area (Å²) in [6, 6.07) is 1.71. The van der Waals surface area contributed by atoms with E-state index >= 15 is 0 Å². The minimum absolute atomic E-state index is 0.0414. The van der Waals surface area contributed by atoms with Gasteiger partial charge in [-0.25, -0.2) is 0 Å². The second-order valence-corrected chi connectivity index (χ2v) is 5.16. The molecule has 0 aliphatic carbocycles. The Morgan fingerprint density at radius 2 is 2.10 bits per heavy atom. The monoisotopic (exact) mass is 271 g/mol. The summed E-state index contributed by atoms with van der Waals surface area (Å²) in [5.41, 5.74) is 3.02. The van der Waals surface area contributed by atoms with Gasteiger partial charge in [0.2, 0.25) is 0 Å². The van der Waals surface area contributed by atoms with Gasteiger partial charge in [-0.05, 0) is 31.4 Å². The summed E-state index contributed by atoms with van der Waals surface area (Å²) in [5, 5.41) is 14.6. The number of piperidine rings is 1. The largest absolute Gasteiger partial charge is 0.339 e. The molecule has 20 heavy (non-hydrogen) atoms. The summed E-state index contributed by atoms with van der Waals surface area (Å²) in [6.45, 7) is 3.60. The Labute approximate surface area is 117 Å². The van der Waals surface area contributed by atoms with E-state index in [2.05, 4.69) is 27.3 Å². The van der Waals surface area contributed by atoms with Crippen LogP contribution in [0.15, 0.2) is 24.7 Å². The van der Waals surface area contributed by atoms with E-state index in [-0.39, 0.29) is 5.91 Å². The van der Waals surface area contributed by atoms with Crippen LogP contribution in [0.4, 0.5) is 0 Å². The van der Waals surface area contributed by atoms with E-state index in [1.807, 2.05) is 11.1 Å². The Kier molecular flexibility index (Phi) is 3.45. The Balaban J connectivity index is 1.64. The lowest BCUT2D eigenvalue weighted by atomic mass is 9.91. The lowest BCUT2D eigenvalue weighted by Crippen LogP contribution is -2.38. The van der Waals surface area contributed by atoms with Crippen LogP contribution < -0.4 is 0 Å². The standard InChI is InChI=1S/C14H17N5O/c1-10-8-17-18-13(10)11-3-6-19(7-4-11)14(20)12-2-5-15-16-9-12/h2,5,8-9,11H,3-4,6-7H2,1H3,(H,17,18). The number of hydrogen-bond acceptors (Lipinski definition) is 4. The number of rotatable bonds is 2. The van der Waals surface area contributed by atoms with Crippen molar-refractivity contribution in [2.75, 3.05) is 13.1 Å². The first kappa shape index (κ1) is 12.8. The lowest BCUT2D eigenvalue weighted by Gasteiger charge is -2.31. The van der Waals surface area contributed by atoms with Crippen LogP contribution in [-0.4, -0.2) is 44.3 Å². The highest BCUT2D eigenvalue weighted by molar-refractivity contribution is 5.93. The highest BCUT2D eigenvalue weighted by atomic mass is 16.2. The Morgan fingerprint density at radius 3 is 2.70 bits per heavy atom. The average molecular weight is 271 g/mol. The third kappa shape index (κ3) is 2.41. The summed E-state index contributed by atoms with van der Waals surface area (Å²) in [4.78, 5) is 14.2. The van der Waals surface area contributed by atoms with E-state index in [1.165, 1.54) is 17.5 Å². The normalized spacial score (nSPS) is 16.4. The van der Waals surface area contributed by atoms with Crippen LogP contribution in [0, 0.1) is 6.92 Å². The number of aromatic nitrogens is 4. The quantitative estimate of drug-likeness (QED) is 0.898.